The Morgan fingerprint density at radius 2 is 1.69 bits per heavy atom. The topological polar surface area (TPSA) is 116 Å². The zero-order chi connectivity index (χ0) is 31.2. The fourth-order valence-corrected chi connectivity index (χ4v) is 6.40. The predicted octanol–water partition coefficient (Wildman–Crippen LogP) is 6.13. The Morgan fingerprint density at radius 1 is 1.07 bits per heavy atom. The van der Waals surface area contributed by atoms with Crippen molar-refractivity contribution in [1.29, 1.82) is 0 Å². The fraction of sp³-hybridized carbons (Fsp3) is 0.452. The number of non-ortho nitro benzene ring substituents is 1. The van der Waals surface area contributed by atoms with Gasteiger partial charge in [0.25, 0.3) is 5.69 Å². The molecule has 0 aromatic heterocycles. The molecule has 3 rings (SSSR count). The summed E-state index contributed by atoms with van der Waals surface area (Å²) >= 11 is 1.12. The molecular formula is C31H40N2O7SSi. The van der Waals surface area contributed by atoms with Gasteiger partial charge in [-0.05, 0) is 73.7 Å². The Balaban J connectivity index is 1.89. The van der Waals surface area contributed by atoms with Gasteiger partial charge in [0.15, 0.2) is 14.2 Å². The molecular weight excluding hydrogens is 573 g/mol. The van der Waals surface area contributed by atoms with E-state index < -0.39 is 31.9 Å². The van der Waals surface area contributed by atoms with Crippen molar-refractivity contribution in [3.63, 3.8) is 0 Å². The molecule has 0 aliphatic carbocycles. The van der Waals surface area contributed by atoms with Crippen LogP contribution in [0.4, 0.5) is 5.69 Å². The quantitative estimate of drug-likeness (QED) is 0.0535. The number of nitro benzene ring substituents is 1. The molecule has 1 heterocycles. The van der Waals surface area contributed by atoms with Crippen LogP contribution >= 0.6 is 11.8 Å². The molecule has 3 atom stereocenters. The van der Waals surface area contributed by atoms with Gasteiger partial charge in [0, 0.05) is 30.1 Å². The third-order valence-electron chi connectivity index (χ3n) is 7.20. The Bertz CT molecular complexity index is 1320. The lowest BCUT2D eigenvalue weighted by Crippen LogP contribution is -2.66. The third-order valence-corrected chi connectivity index (χ3v) is 8.96. The number of esters is 1. The summed E-state index contributed by atoms with van der Waals surface area (Å²) in [7, 11) is -1.38. The van der Waals surface area contributed by atoms with Crippen LogP contribution in [-0.4, -0.2) is 48.5 Å². The van der Waals surface area contributed by atoms with Gasteiger partial charge in [-0.25, -0.2) is 4.79 Å². The second-order valence-electron chi connectivity index (χ2n) is 12.0. The van der Waals surface area contributed by atoms with Crippen molar-refractivity contribution >= 4 is 43.5 Å². The van der Waals surface area contributed by atoms with Crippen molar-refractivity contribution in [2.75, 3.05) is 6.61 Å². The number of nitrogens with zero attached hydrogens (tertiary/aromatic N) is 2. The van der Waals surface area contributed by atoms with Crippen LogP contribution in [0.1, 0.15) is 46.6 Å². The summed E-state index contributed by atoms with van der Waals surface area (Å²) in [6, 6.07) is 14.5. The van der Waals surface area contributed by atoms with E-state index in [0.29, 0.717) is 17.7 Å². The van der Waals surface area contributed by atoms with Gasteiger partial charge in [-0.3, -0.25) is 19.7 Å². The summed E-state index contributed by atoms with van der Waals surface area (Å²) < 4.78 is 11.7. The van der Waals surface area contributed by atoms with Crippen LogP contribution in [-0.2, 0) is 30.2 Å². The van der Waals surface area contributed by atoms with Crippen LogP contribution in [0, 0.1) is 27.4 Å². The summed E-state index contributed by atoms with van der Waals surface area (Å²) in [6.07, 6.45) is 0.0636. The maximum atomic E-state index is 13.9. The highest BCUT2D eigenvalue weighted by Gasteiger charge is 2.56. The molecule has 42 heavy (non-hydrogen) atoms. The fourth-order valence-electron chi connectivity index (χ4n) is 5.00. The molecule has 0 saturated carbocycles. The average molecular weight is 613 g/mol. The zero-order valence-electron chi connectivity index (χ0n) is 25.3. The van der Waals surface area contributed by atoms with Gasteiger partial charge in [-0.1, -0.05) is 50.7 Å². The number of carbonyl (C=O) groups is 3. The smallest absolute Gasteiger partial charge is 0.355 e. The van der Waals surface area contributed by atoms with Gasteiger partial charge >= 0.3 is 5.97 Å². The van der Waals surface area contributed by atoms with Crippen LogP contribution < -0.4 is 0 Å². The van der Waals surface area contributed by atoms with Gasteiger partial charge < -0.3 is 14.1 Å². The summed E-state index contributed by atoms with van der Waals surface area (Å²) in [6.45, 7) is 14.1. The zero-order valence-corrected chi connectivity index (χ0v) is 27.3. The number of rotatable bonds is 12. The third kappa shape index (κ3) is 8.39. The van der Waals surface area contributed by atoms with Crippen molar-refractivity contribution in [1.82, 2.24) is 4.90 Å². The normalized spacial score (nSPS) is 17.4. The lowest BCUT2D eigenvalue weighted by Gasteiger charge is -2.53. The second-order valence-corrected chi connectivity index (χ2v) is 15.6. The summed E-state index contributed by atoms with van der Waals surface area (Å²) in [5, 5.41) is 10.8. The molecule has 1 aliphatic heterocycles. The van der Waals surface area contributed by atoms with Crippen LogP contribution in [0.2, 0.25) is 13.1 Å². The van der Waals surface area contributed by atoms with E-state index in [4.69, 9.17) is 9.16 Å². The van der Waals surface area contributed by atoms with E-state index in [1.807, 2.05) is 30.3 Å². The molecule has 1 fully saturated rings. The van der Waals surface area contributed by atoms with Gasteiger partial charge in [0.2, 0.25) is 5.91 Å². The lowest BCUT2D eigenvalue weighted by atomic mass is 9.65. The van der Waals surface area contributed by atoms with E-state index in [9.17, 15) is 24.5 Å². The van der Waals surface area contributed by atoms with Gasteiger partial charge in [-0.2, -0.15) is 0 Å². The molecule has 0 N–H and O–H groups in total. The van der Waals surface area contributed by atoms with Gasteiger partial charge in [0.05, 0.1) is 16.9 Å². The number of hydrogen-bond donors (Lipinski definition) is 0. The molecule has 0 radical (unpaired) electrons. The summed E-state index contributed by atoms with van der Waals surface area (Å²) in [5.74, 6) is -1.58. The first-order valence-electron chi connectivity index (χ1n) is 14.0. The van der Waals surface area contributed by atoms with Crippen LogP contribution in [0.25, 0.3) is 0 Å². The van der Waals surface area contributed by atoms with Crippen molar-refractivity contribution < 1.29 is 28.5 Å². The molecule has 226 valence electrons. The Hall–Kier alpha value is -3.28. The first-order valence-corrected chi connectivity index (χ1v) is 17.6. The number of allylic oxidation sites excluding steroid dienone is 1. The van der Waals surface area contributed by atoms with Gasteiger partial charge in [0.1, 0.15) is 12.3 Å². The highest BCUT2D eigenvalue weighted by Crippen LogP contribution is 2.46. The number of benzene rings is 2. The largest absolute Gasteiger partial charge is 0.456 e. The highest BCUT2D eigenvalue weighted by atomic mass is 32.2. The minimum Gasteiger partial charge on any atom is -0.456 e. The van der Waals surface area contributed by atoms with Crippen molar-refractivity contribution in [2.45, 2.75) is 71.7 Å². The molecule has 11 heteroatoms. The molecule has 9 nitrogen and oxygen atoms in total. The molecule has 0 spiro atoms. The van der Waals surface area contributed by atoms with Crippen molar-refractivity contribution in [3.8, 4) is 0 Å². The molecule has 1 aliphatic rings. The summed E-state index contributed by atoms with van der Waals surface area (Å²) in [4.78, 5) is 53.4. The van der Waals surface area contributed by atoms with E-state index >= 15 is 0 Å². The van der Waals surface area contributed by atoms with Gasteiger partial charge in [-0.15, -0.1) is 0 Å². The highest BCUT2D eigenvalue weighted by molar-refractivity contribution is 8.13. The Morgan fingerprint density at radius 3 is 2.21 bits per heavy atom. The minimum absolute atomic E-state index is 0.0636. The molecule has 0 bridgehead atoms. The number of β-lactam (4-membered cyclic amide) rings is 1. The monoisotopic (exact) mass is 612 g/mol. The molecule has 1 amide bonds. The SMILES string of the molecule is CC(C)=C(C(=O)OCc1ccc([N+](=O)[O-])cc1)N1C(=O)[C@@H]([C@@H](CO[SiH](C)C)C(C)(C)C)[C@H]1CC(=O)Sc1ccccc1. The van der Waals surface area contributed by atoms with Crippen LogP contribution in [0.3, 0.4) is 0 Å². The van der Waals surface area contributed by atoms with E-state index in [1.54, 1.807) is 13.8 Å². The van der Waals surface area contributed by atoms with E-state index in [0.717, 1.165) is 16.7 Å². The Kier molecular flexibility index (Phi) is 11.3. The van der Waals surface area contributed by atoms with E-state index in [2.05, 4.69) is 33.9 Å². The standard InChI is InChI=1S/C31H40N2O7SSi/c1-20(2)28(30(36)39-18-21-13-15-22(16-14-21)33(37)38)32-25(17-26(34)41-23-11-9-8-10-12-23)27(29(32)35)24(31(3,4)5)19-40-42(6)7/h8-16,24-25,27,42H,17-19H2,1-7H3/t24-,25-,27+/m1/s1. The van der Waals surface area contributed by atoms with E-state index in [-0.39, 0.29) is 46.8 Å². The minimum atomic E-state index is -1.38. The number of likely N-dealkylation sites (tertiary alicyclic amines) is 1. The maximum absolute atomic E-state index is 13.9. The molecule has 0 unspecified atom stereocenters. The number of amides is 1. The number of ether oxygens (including phenoxy) is 1. The number of carbonyl (C=O) groups excluding carboxylic acids is 3. The maximum Gasteiger partial charge on any atom is 0.355 e. The summed E-state index contributed by atoms with van der Waals surface area (Å²) in [5.41, 5.74) is 0.925. The van der Waals surface area contributed by atoms with Crippen LogP contribution in [0.15, 0.2) is 70.8 Å². The van der Waals surface area contributed by atoms with E-state index in [1.165, 1.54) is 29.2 Å². The molecule has 2 aromatic rings. The van der Waals surface area contributed by atoms with Crippen LogP contribution in [0.5, 0.6) is 0 Å². The predicted molar refractivity (Wildman–Crippen MR) is 165 cm³/mol. The molecule has 2 aromatic carbocycles. The number of nitro groups is 1. The lowest BCUT2D eigenvalue weighted by molar-refractivity contribution is -0.384. The first kappa shape index (κ1) is 33.2. The van der Waals surface area contributed by atoms with Crippen molar-refractivity contribution in [2.24, 2.45) is 17.3 Å². The van der Waals surface area contributed by atoms with Crippen molar-refractivity contribution in [3.05, 3.63) is 81.5 Å². The first-order chi connectivity index (χ1) is 19.7. The molecule has 1 saturated heterocycles. The average Bonchev–Trinajstić information content (AvgIpc) is 2.91. The second kappa shape index (κ2) is 14.3. The Labute approximate surface area is 253 Å². The number of hydrogen-bond acceptors (Lipinski definition) is 8. The number of thioether (sulfide) groups is 1.